The van der Waals surface area contributed by atoms with E-state index in [0.717, 1.165) is 36.0 Å². The molecule has 1 amide bonds. The quantitative estimate of drug-likeness (QED) is 0.680. The van der Waals surface area contributed by atoms with Gasteiger partial charge in [0.15, 0.2) is 0 Å². The number of aromatic amines is 1. The van der Waals surface area contributed by atoms with Gasteiger partial charge in [0.25, 0.3) is 5.91 Å². The maximum atomic E-state index is 12.6. The third-order valence-electron chi connectivity index (χ3n) is 4.47. The average molecular weight is 306 g/mol. The fourth-order valence-corrected chi connectivity index (χ4v) is 3.26. The molecule has 0 radical (unpaired) electrons. The molecule has 0 bridgehead atoms. The molecule has 4 rings (SSSR count). The molecule has 2 heterocycles. The van der Waals surface area contributed by atoms with Crippen LogP contribution < -0.4 is 11.1 Å². The molecule has 3 aromatic rings. The second-order valence-corrected chi connectivity index (χ2v) is 5.96. The minimum Gasteiger partial charge on any atom is -0.346 e. The number of amides is 1. The van der Waals surface area contributed by atoms with Crippen LogP contribution in [-0.4, -0.2) is 15.9 Å². The number of hydrogen-bond donors (Lipinski definition) is 3. The summed E-state index contributed by atoms with van der Waals surface area (Å²) in [7, 11) is 0. The van der Waals surface area contributed by atoms with E-state index in [2.05, 4.69) is 15.3 Å². The number of pyridine rings is 1. The molecule has 2 aromatic heterocycles. The van der Waals surface area contributed by atoms with E-state index in [1.165, 1.54) is 11.1 Å². The molecular formula is C18H18N4O. The molecule has 1 aromatic carbocycles. The molecule has 116 valence electrons. The lowest BCUT2D eigenvalue weighted by atomic mass is 9.87. The minimum absolute atomic E-state index is 0.0931. The number of hydrogen-bond acceptors (Lipinski definition) is 3. The molecule has 1 aliphatic carbocycles. The lowest BCUT2D eigenvalue weighted by molar-refractivity contribution is 0.102. The maximum Gasteiger partial charge on any atom is 0.255 e. The monoisotopic (exact) mass is 306 g/mol. The number of nitrogens with one attached hydrogen (secondary N) is 2. The zero-order valence-corrected chi connectivity index (χ0v) is 12.7. The van der Waals surface area contributed by atoms with Gasteiger partial charge in [0.05, 0.1) is 5.69 Å². The molecule has 0 fully saturated rings. The third-order valence-corrected chi connectivity index (χ3v) is 4.47. The number of nitrogens with two attached hydrogens (primary N) is 1. The Hall–Kier alpha value is -2.66. The van der Waals surface area contributed by atoms with Gasteiger partial charge in [0.2, 0.25) is 0 Å². The topological polar surface area (TPSA) is 83.8 Å². The zero-order chi connectivity index (χ0) is 15.8. The van der Waals surface area contributed by atoms with Crippen molar-refractivity contribution in [2.45, 2.75) is 25.3 Å². The largest absolute Gasteiger partial charge is 0.346 e. The number of anilines is 1. The van der Waals surface area contributed by atoms with Gasteiger partial charge in [-0.1, -0.05) is 6.07 Å². The molecule has 0 saturated heterocycles. The number of rotatable bonds is 2. The highest BCUT2D eigenvalue weighted by molar-refractivity contribution is 6.08. The van der Waals surface area contributed by atoms with Gasteiger partial charge >= 0.3 is 0 Å². The standard InChI is InChI=1S/C18H18N4O/c19-15-3-1-2-11-10-12(4-5-13(11)15)18(23)22-16-7-9-21-17-14(16)6-8-20-17/h4-10,15H,1-3,19H2,(H2,20,21,22,23). The highest BCUT2D eigenvalue weighted by atomic mass is 16.1. The van der Waals surface area contributed by atoms with Gasteiger partial charge in [-0.15, -0.1) is 0 Å². The van der Waals surface area contributed by atoms with Gasteiger partial charge in [-0.25, -0.2) is 4.98 Å². The van der Waals surface area contributed by atoms with E-state index in [0.29, 0.717) is 5.56 Å². The van der Waals surface area contributed by atoms with E-state index in [-0.39, 0.29) is 11.9 Å². The fraction of sp³-hybridized carbons (Fsp3) is 0.222. The maximum absolute atomic E-state index is 12.6. The number of benzene rings is 1. The minimum atomic E-state index is -0.111. The van der Waals surface area contributed by atoms with Crippen LogP contribution in [0.25, 0.3) is 11.0 Å². The lowest BCUT2D eigenvalue weighted by Crippen LogP contribution is -2.19. The van der Waals surface area contributed by atoms with Crippen LogP contribution in [0.1, 0.15) is 40.4 Å². The summed E-state index contributed by atoms with van der Waals surface area (Å²) in [5.41, 5.74) is 10.7. The van der Waals surface area contributed by atoms with Gasteiger partial charge in [-0.3, -0.25) is 4.79 Å². The molecule has 0 aliphatic heterocycles. The molecule has 0 saturated carbocycles. The van der Waals surface area contributed by atoms with E-state index in [9.17, 15) is 4.79 Å². The Morgan fingerprint density at radius 1 is 1.30 bits per heavy atom. The Balaban J connectivity index is 1.63. The van der Waals surface area contributed by atoms with Crippen LogP contribution in [-0.2, 0) is 6.42 Å². The SMILES string of the molecule is NC1CCCc2cc(C(=O)Nc3ccnc4[nH]ccc34)ccc21. The van der Waals surface area contributed by atoms with E-state index in [1.807, 2.05) is 36.5 Å². The Bertz CT molecular complexity index is 884. The molecule has 1 unspecified atom stereocenters. The van der Waals surface area contributed by atoms with Crippen molar-refractivity contribution in [3.05, 3.63) is 59.4 Å². The van der Waals surface area contributed by atoms with Gasteiger partial charge < -0.3 is 16.0 Å². The van der Waals surface area contributed by atoms with Gasteiger partial charge in [0.1, 0.15) is 5.65 Å². The number of aromatic nitrogens is 2. The predicted molar refractivity (Wildman–Crippen MR) is 90.4 cm³/mol. The molecule has 1 atom stereocenters. The summed E-state index contributed by atoms with van der Waals surface area (Å²) in [5, 5.41) is 3.88. The molecular weight excluding hydrogens is 288 g/mol. The zero-order valence-electron chi connectivity index (χ0n) is 12.7. The molecule has 5 nitrogen and oxygen atoms in total. The summed E-state index contributed by atoms with van der Waals surface area (Å²) in [6.07, 6.45) is 6.57. The third kappa shape index (κ3) is 2.49. The predicted octanol–water partition coefficient (Wildman–Crippen LogP) is 3.15. The van der Waals surface area contributed by atoms with Crippen molar-refractivity contribution in [3.8, 4) is 0 Å². The Morgan fingerprint density at radius 3 is 3.13 bits per heavy atom. The molecule has 1 aliphatic rings. The van der Waals surface area contributed by atoms with Crippen molar-refractivity contribution in [2.75, 3.05) is 5.32 Å². The highest BCUT2D eigenvalue weighted by Gasteiger charge is 2.18. The summed E-state index contributed by atoms with van der Waals surface area (Å²) in [5.74, 6) is -0.111. The number of carbonyl (C=O) groups is 1. The van der Waals surface area contributed by atoms with Crippen LogP contribution in [0.5, 0.6) is 0 Å². The number of fused-ring (bicyclic) bond motifs is 2. The number of carbonyl (C=O) groups excluding carboxylic acids is 1. The Labute approximate surface area is 133 Å². The summed E-state index contributed by atoms with van der Waals surface area (Å²) < 4.78 is 0. The van der Waals surface area contributed by atoms with Crippen molar-refractivity contribution in [1.29, 1.82) is 0 Å². The summed E-state index contributed by atoms with van der Waals surface area (Å²) in [6.45, 7) is 0. The lowest BCUT2D eigenvalue weighted by Gasteiger charge is -2.22. The second-order valence-electron chi connectivity index (χ2n) is 5.96. The van der Waals surface area contributed by atoms with Crippen LogP contribution in [0, 0.1) is 0 Å². The van der Waals surface area contributed by atoms with E-state index in [4.69, 9.17) is 5.73 Å². The van der Waals surface area contributed by atoms with Crippen LogP contribution >= 0.6 is 0 Å². The van der Waals surface area contributed by atoms with Gasteiger partial charge in [-0.2, -0.15) is 0 Å². The van der Waals surface area contributed by atoms with Crippen LogP contribution in [0.4, 0.5) is 5.69 Å². The van der Waals surface area contributed by atoms with E-state index < -0.39 is 0 Å². The summed E-state index contributed by atoms with van der Waals surface area (Å²) in [6, 6.07) is 9.63. The number of H-pyrrole nitrogens is 1. The molecule has 4 N–H and O–H groups in total. The van der Waals surface area contributed by atoms with Crippen molar-refractivity contribution in [3.63, 3.8) is 0 Å². The first-order chi connectivity index (χ1) is 11.2. The fourth-order valence-electron chi connectivity index (χ4n) is 3.26. The first-order valence-corrected chi connectivity index (χ1v) is 7.84. The van der Waals surface area contributed by atoms with Crippen molar-refractivity contribution in [2.24, 2.45) is 5.73 Å². The van der Waals surface area contributed by atoms with E-state index in [1.54, 1.807) is 6.20 Å². The van der Waals surface area contributed by atoms with Crippen LogP contribution in [0.15, 0.2) is 42.7 Å². The number of aryl methyl sites for hydroxylation is 1. The van der Waals surface area contributed by atoms with Crippen LogP contribution in [0.3, 0.4) is 0 Å². The van der Waals surface area contributed by atoms with Crippen LogP contribution in [0.2, 0.25) is 0 Å². The van der Waals surface area contributed by atoms with Gasteiger partial charge in [0, 0.05) is 29.4 Å². The van der Waals surface area contributed by atoms with Crippen molar-refractivity contribution >= 4 is 22.6 Å². The van der Waals surface area contributed by atoms with Crippen molar-refractivity contribution in [1.82, 2.24) is 9.97 Å². The van der Waals surface area contributed by atoms with E-state index >= 15 is 0 Å². The molecule has 23 heavy (non-hydrogen) atoms. The highest BCUT2D eigenvalue weighted by Crippen LogP contribution is 2.29. The summed E-state index contributed by atoms with van der Waals surface area (Å²) in [4.78, 5) is 19.8. The molecule has 5 heteroatoms. The molecule has 0 spiro atoms. The number of nitrogens with zero attached hydrogens (tertiary/aromatic N) is 1. The Kier molecular flexibility index (Phi) is 3.35. The first kappa shape index (κ1) is 14.0. The normalized spacial score (nSPS) is 17.0. The average Bonchev–Trinajstić information content (AvgIpc) is 3.04. The summed E-state index contributed by atoms with van der Waals surface area (Å²) >= 11 is 0. The van der Waals surface area contributed by atoms with Crippen molar-refractivity contribution < 1.29 is 4.79 Å². The Morgan fingerprint density at radius 2 is 2.22 bits per heavy atom. The first-order valence-electron chi connectivity index (χ1n) is 7.84. The second kappa shape index (κ2) is 5.52. The smallest absolute Gasteiger partial charge is 0.255 e. The van der Waals surface area contributed by atoms with Gasteiger partial charge in [-0.05, 0) is 54.7 Å².